The average molecular weight is 409 g/mol. The van der Waals surface area contributed by atoms with Crippen molar-refractivity contribution in [3.05, 3.63) is 60.2 Å². The molecule has 0 radical (unpaired) electrons. The predicted molar refractivity (Wildman–Crippen MR) is 87.2 cm³/mol. The monoisotopic (exact) mass is 409 g/mol. The van der Waals surface area contributed by atoms with Gasteiger partial charge in [-0.25, -0.2) is 13.1 Å². The van der Waals surface area contributed by atoms with E-state index in [-0.39, 0.29) is 4.90 Å². The molecule has 6 nitrogen and oxygen atoms in total. The van der Waals surface area contributed by atoms with Crippen molar-refractivity contribution >= 4 is 20.1 Å². The first-order chi connectivity index (χ1) is 11.9. The summed E-state index contributed by atoms with van der Waals surface area (Å²) in [5.74, 6) is -0.538. The first-order valence-electron chi connectivity index (χ1n) is 7.10. The fourth-order valence-electron chi connectivity index (χ4n) is 1.95. The summed E-state index contributed by atoms with van der Waals surface area (Å²) >= 11 is 0. The lowest BCUT2D eigenvalue weighted by molar-refractivity contribution is -0.0500. The number of halogens is 3. The van der Waals surface area contributed by atoms with Gasteiger partial charge in [0, 0.05) is 6.04 Å². The number of hydrogen-bond donors (Lipinski definition) is 1. The van der Waals surface area contributed by atoms with Gasteiger partial charge in [-0.2, -0.15) is 21.6 Å². The van der Waals surface area contributed by atoms with E-state index in [2.05, 4.69) is 8.91 Å². The molecule has 2 aromatic rings. The van der Waals surface area contributed by atoms with Crippen molar-refractivity contribution in [3.8, 4) is 5.75 Å². The van der Waals surface area contributed by atoms with Crippen LogP contribution in [0.3, 0.4) is 0 Å². The topological polar surface area (TPSA) is 89.5 Å². The highest BCUT2D eigenvalue weighted by molar-refractivity contribution is 7.89. The van der Waals surface area contributed by atoms with Gasteiger partial charge < -0.3 is 4.18 Å². The van der Waals surface area contributed by atoms with Crippen LogP contribution in [0.1, 0.15) is 18.5 Å². The van der Waals surface area contributed by atoms with Crippen LogP contribution in [0.15, 0.2) is 59.5 Å². The highest BCUT2D eigenvalue weighted by atomic mass is 32.2. The molecule has 2 aromatic carbocycles. The van der Waals surface area contributed by atoms with Crippen LogP contribution >= 0.6 is 0 Å². The van der Waals surface area contributed by atoms with Gasteiger partial charge in [-0.15, -0.1) is 0 Å². The van der Waals surface area contributed by atoms with Crippen LogP contribution in [-0.2, 0) is 20.1 Å². The molecule has 1 atom stereocenters. The third kappa shape index (κ3) is 4.74. The molecule has 11 heteroatoms. The molecule has 0 unspecified atom stereocenters. The molecule has 142 valence electrons. The summed E-state index contributed by atoms with van der Waals surface area (Å²) in [4.78, 5) is 0.0584. The normalized spacial score (nSPS) is 14.0. The quantitative estimate of drug-likeness (QED) is 0.585. The van der Waals surface area contributed by atoms with E-state index in [0.717, 1.165) is 12.1 Å². The predicted octanol–water partition coefficient (Wildman–Crippen LogP) is 2.95. The summed E-state index contributed by atoms with van der Waals surface area (Å²) < 4.78 is 89.6. The van der Waals surface area contributed by atoms with Gasteiger partial charge in [-0.1, -0.05) is 30.3 Å². The van der Waals surface area contributed by atoms with E-state index >= 15 is 0 Å². The molecule has 2 rings (SSSR count). The Morgan fingerprint density at radius 3 is 1.96 bits per heavy atom. The van der Waals surface area contributed by atoms with E-state index in [9.17, 15) is 30.0 Å². The highest BCUT2D eigenvalue weighted by Crippen LogP contribution is 2.27. The lowest BCUT2D eigenvalue weighted by Crippen LogP contribution is -2.28. The van der Waals surface area contributed by atoms with Crippen LogP contribution in [-0.4, -0.2) is 22.3 Å². The summed E-state index contributed by atoms with van der Waals surface area (Å²) in [6.45, 7) is 1.53. The van der Waals surface area contributed by atoms with Gasteiger partial charge in [-0.3, -0.25) is 0 Å². The Morgan fingerprint density at radius 1 is 0.923 bits per heavy atom. The van der Waals surface area contributed by atoms with Gasteiger partial charge in [0.05, 0.1) is 4.90 Å². The fraction of sp³-hybridized carbons (Fsp3) is 0.200. The lowest BCUT2D eigenvalue weighted by Gasteiger charge is -2.15. The molecule has 0 spiro atoms. The van der Waals surface area contributed by atoms with Crippen molar-refractivity contribution in [2.45, 2.75) is 23.4 Å². The van der Waals surface area contributed by atoms with E-state index in [0.29, 0.717) is 5.56 Å². The highest BCUT2D eigenvalue weighted by Gasteiger charge is 2.48. The second kappa shape index (κ2) is 7.25. The zero-order chi connectivity index (χ0) is 19.6. The Balaban J connectivity index is 2.13. The maximum Gasteiger partial charge on any atom is 0.534 e. The molecule has 0 amide bonds. The summed E-state index contributed by atoms with van der Waals surface area (Å²) in [6.07, 6.45) is 0. The maximum absolute atomic E-state index is 12.3. The third-order valence-electron chi connectivity index (χ3n) is 3.25. The number of rotatable bonds is 6. The molecule has 0 aliphatic heterocycles. The molecule has 1 N–H and O–H groups in total. The molecule has 0 bridgehead atoms. The Morgan fingerprint density at radius 2 is 1.46 bits per heavy atom. The molecule has 0 aromatic heterocycles. The third-order valence-corrected chi connectivity index (χ3v) is 5.79. The Bertz CT molecular complexity index is 957. The van der Waals surface area contributed by atoms with Gasteiger partial charge in [-0.05, 0) is 36.8 Å². The van der Waals surface area contributed by atoms with E-state index in [4.69, 9.17) is 0 Å². The molecule has 0 fully saturated rings. The molecule has 26 heavy (non-hydrogen) atoms. The zero-order valence-electron chi connectivity index (χ0n) is 13.3. The van der Waals surface area contributed by atoms with Crippen molar-refractivity contribution in [2.75, 3.05) is 0 Å². The molecule has 0 aliphatic rings. The van der Waals surface area contributed by atoms with Gasteiger partial charge >= 0.3 is 15.6 Å². The van der Waals surface area contributed by atoms with Crippen LogP contribution in [0.4, 0.5) is 13.2 Å². The van der Waals surface area contributed by atoms with Crippen LogP contribution in [0.2, 0.25) is 0 Å². The molecular formula is C15H14F3NO5S2. The Kier molecular flexibility index (Phi) is 5.64. The fourth-order valence-corrected chi connectivity index (χ4v) is 3.67. The van der Waals surface area contributed by atoms with Crippen molar-refractivity contribution in [3.63, 3.8) is 0 Å². The van der Waals surface area contributed by atoms with Crippen molar-refractivity contribution < 1.29 is 34.2 Å². The van der Waals surface area contributed by atoms with Gasteiger partial charge in [0.25, 0.3) is 0 Å². The Hall–Kier alpha value is -2.11. The summed E-state index contributed by atoms with van der Waals surface area (Å²) in [5.41, 5.74) is -5.13. The minimum Gasteiger partial charge on any atom is -0.376 e. The SMILES string of the molecule is C[C@@H](NS(=O)(=O)c1ccccc1)c1ccc(OS(=O)(=O)C(F)(F)F)cc1. The van der Waals surface area contributed by atoms with E-state index in [1.807, 2.05) is 0 Å². The summed E-state index contributed by atoms with van der Waals surface area (Å²) in [6, 6.07) is 11.4. The standard InChI is InChI=1S/C15H14F3NO5S2/c1-11(19-25(20,21)14-5-3-2-4-6-14)12-7-9-13(10-8-12)24-26(22,23)15(16,17)18/h2-11,19H,1H3/t11-/m1/s1. The molecule has 0 saturated heterocycles. The number of benzene rings is 2. The minimum absolute atomic E-state index is 0.0584. The van der Waals surface area contributed by atoms with Crippen molar-refractivity contribution in [2.24, 2.45) is 0 Å². The van der Waals surface area contributed by atoms with Crippen LogP contribution in [0.25, 0.3) is 0 Å². The first-order valence-corrected chi connectivity index (χ1v) is 9.99. The van der Waals surface area contributed by atoms with Crippen molar-refractivity contribution in [1.29, 1.82) is 0 Å². The second-order valence-corrected chi connectivity index (χ2v) is 8.46. The van der Waals surface area contributed by atoms with Crippen LogP contribution in [0, 0.1) is 0 Å². The number of sulfonamides is 1. The summed E-state index contributed by atoms with van der Waals surface area (Å²) in [5, 5.41) is 0. The number of nitrogens with one attached hydrogen (secondary N) is 1. The number of hydrogen-bond acceptors (Lipinski definition) is 5. The van der Waals surface area contributed by atoms with E-state index in [1.54, 1.807) is 18.2 Å². The molecule has 0 heterocycles. The largest absolute Gasteiger partial charge is 0.534 e. The first kappa shape index (κ1) is 20.2. The molecular weight excluding hydrogens is 395 g/mol. The Labute approximate surface area is 148 Å². The summed E-state index contributed by atoms with van der Waals surface area (Å²) in [7, 11) is -9.55. The van der Waals surface area contributed by atoms with Crippen LogP contribution < -0.4 is 8.91 Å². The minimum atomic E-state index is -5.76. The van der Waals surface area contributed by atoms with Crippen LogP contribution in [0.5, 0.6) is 5.75 Å². The smallest absolute Gasteiger partial charge is 0.376 e. The van der Waals surface area contributed by atoms with Crippen molar-refractivity contribution in [1.82, 2.24) is 4.72 Å². The lowest BCUT2D eigenvalue weighted by atomic mass is 10.1. The number of alkyl halides is 3. The zero-order valence-corrected chi connectivity index (χ0v) is 14.9. The average Bonchev–Trinajstić information content (AvgIpc) is 2.54. The van der Waals surface area contributed by atoms with Gasteiger partial charge in [0.2, 0.25) is 10.0 Å². The van der Waals surface area contributed by atoms with E-state index in [1.165, 1.54) is 31.2 Å². The van der Waals surface area contributed by atoms with Gasteiger partial charge in [0.15, 0.2) is 0 Å². The second-order valence-electron chi connectivity index (χ2n) is 5.21. The molecule has 0 saturated carbocycles. The molecule has 0 aliphatic carbocycles. The van der Waals surface area contributed by atoms with Gasteiger partial charge in [0.1, 0.15) is 5.75 Å². The van der Waals surface area contributed by atoms with E-state index < -0.39 is 37.4 Å². The maximum atomic E-state index is 12.3.